The van der Waals surface area contributed by atoms with Crippen molar-refractivity contribution in [1.29, 1.82) is 0 Å². The van der Waals surface area contributed by atoms with Gasteiger partial charge in [-0.2, -0.15) is 0 Å². The van der Waals surface area contributed by atoms with Gasteiger partial charge in [-0.1, -0.05) is 12.1 Å². The molecule has 0 bridgehead atoms. The van der Waals surface area contributed by atoms with Crippen molar-refractivity contribution in [2.75, 3.05) is 0 Å². The number of nitro groups is 1. The predicted molar refractivity (Wildman–Crippen MR) is 108 cm³/mol. The Morgan fingerprint density at radius 2 is 0.912 bits per heavy atom. The van der Waals surface area contributed by atoms with Crippen LogP contribution in [0.5, 0.6) is 0 Å². The van der Waals surface area contributed by atoms with Crippen molar-refractivity contribution in [2.24, 2.45) is 0 Å². The number of pyridine rings is 3. The molecule has 0 saturated carbocycles. The van der Waals surface area contributed by atoms with Gasteiger partial charge in [-0.3, -0.25) is 4.98 Å². The Morgan fingerprint density at radius 1 is 0.529 bits per heavy atom. The molecule has 0 aliphatic rings. The summed E-state index contributed by atoms with van der Waals surface area (Å²) in [7, 11) is 0. The predicted octanol–water partition coefficient (Wildman–Crippen LogP) is 2.40. The molecule has 3 heterocycles. The normalized spacial score (nSPS) is 8.47. The van der Waals surface area contributed by atoms with Gasteiger partial charge in [0.1, 0.15) is 5.69 Å². The first-order chi connectivity index (χ1) is 15.4. The third-order valence-electron chi connectivity index (χ3n) is 2.86. The zero-order chi connectivity index (χ0) is 25.4. The van der Waals surface area contributed by atoms with Crippen molar-refractivity contribution in [3.05, 3.63) is 117 Å². The second-order valence-corrected chi connectivity index (χ2v) is 4.93. The summed E-state index contributed by atoms with van der Waals surface area (Å²) >= 11 is 0. The van der Waals surface area contributed by atoms with Crippen LogP contribution in [0.3, 0.4) is 0 Å². The topological polar surface area (TPSA) is 280 Å². The van der Waals surface area contributed by atoms with Crippen LogP contribution in [0.2, 0.25) is 0 Å². The number of hydrogen-bond donors (Lipinski definition) is 0. The van der Waals surface area contributed by atoms with E-state index in [1.165, 1.54) is 6.07 Å². The van der Waals surface area contributed by atoms with E-state index in [0.29, 0.717) is 17.1 Å². The van der Waals surface area contributed by atoms with Crippen LogP contribution in [-0.4, -0.2) is 35.1 Å². The third-order valence-corrected chi connectivity index (χ3v) is 2.86. The molecule has 3 aromatic heterocycles. The molecule has 0 fully saturated rings. The van der Waals surface area contributed by atoms with E-state index in [4.69, 9.17) is 46.0 Å². The molecule has 0 atom stereocenters. The standard InChI is InChI=1S/C15H10N4O2.Eu.3NO3/c20-19(21)15-9-4-8-14(18-15)13-7-3-6-12(17-13)11-5-1-2-10-16-11;;3*2-1(3)4/h1-10H;;;;/q;+3;3*-1. The second-order valence-electron chi connectivity index (χ2n) is 4.93. The second kappa shape index (κ2) is 17.6. The third kappa shape index (κ3) is 15.8. The summed E-state index contributed by atoms with van der Waals surface area (Å²) in [6.07, 6.45) is 1.69. The maximum absolute atomic E-state index is 10.8. The number of rotatable bonds is 3. The Balaban J connectivity index is 0. The first kappa shape index (κ1) is 32.2. The van der Waals surface area contributed by atoms with E-state index in [0.717, 1.165) is 5.69 Å². The van der Waals surface area contributed by atoms with Crippen LogP contribution in [0.15, 0.2) is 60.8 Å². The van der Waals surface area contributed by atoms with E-state index < -0.39 is 20.2 Å². The van der Waals surface area contributed by atoms with Gasteiger partial charge in [-0.05, 0) is 46.3 Å². The fraction of sp³-hybridized carbons (Fsp3) is 0. The van der Waals surface area contributed by atoms with E-state index in [1.807, 2.05) is 30.3 Å². The Morgan fingerprint density at radius 3 is 1.32 bits per heavy atom. The van der Waals surface area contributed by atoms with E-state index in [9.17, 15) is 10.1 Å². The molecule has 19 heteroatoms. The first-order valence-corrected chi connectivity index (χ1v) is 7.88. The van der Waals surface area contributed by atoms with Crippen molar-refractivity contribution in [3.8, 4) is 22.8 Å². The van der Waals surface area contributed by atoms with Crippen molar-refractivity contribution >= 4 is 5.82 Å². The van der Waals surface area contributed by atoms with Crippen molar-refractivity contribution < 1.29 is 69.6 Å². The zero-order valence-corrected chi connectivity index (χ0v) is 18.7. The molecule has 0 N–H and O–H groups in total. The van der Waals surface area contributed by atoms with Gasteiger partial charge >= 0.3 is 55.2 Å². The Bertz CT molecular complexity index is 1050. The average molecular weight is 616 g/mol. The molecule has 0 aromatic carbocycles. The van der Waals surface area contributed by atoms with Crippen LogP contribution < -0.4 is 0 Å². The maximum Gasteiger partial charge on any atom is 3.00 e. The van der Waals surface area contributed by atoms with Crippen molar-refractivity contribution in [1.82, 2.24) is 15.0 Å². The van der Waals surface area contributed by atoms with E-state index in [2.05, 4.69) is 15.0 Å². The molecule has 3 rings (SSSR count). The van der Waals surface area contributed by atoms with Gasteiger partial charge < -0.3 is 56.1 Å². The summed E-state index contributed by atoms with van der Waals surface area (Å²) in [5.41, 5.74) is 2.47. The fourth-order valence-electron chi connectivity index (χ4n) is 1.90. The monoisotopic (exact) mass is 617 g/mol. The van der Waals surface area contributed by atoms with Gasteiger partial charge in [0.2, 0.25) is 5.69 Å². The van der Waals surface area contributed by atoms with Crippen LogP contribution in [0.25, 0.3) is 22.8 Å². The summed E-state index contributed by atoms with van der Waals surface area (Å²) in [5, 5.41) is 55.0. The summed E-state index contributed by atoms with van der Waals surface area (Å²) < 4.78 is 0. The molecule has 0 spiro atoms. The molecule has 0 aliphatic carbocycles. The molecule has 0 aliphatic heterocycles. The molecular formula is C15H10EuN7O11. The molecule has 0 radical (unpaired) electrons. The molecule has 18 nitrogen and oxygen atoms in total. The SMILES string of the molecule is O=[N+]([O-])[O-].O=[N+]([O-])[O-].O=[N+]([O-])[O-].O=[N+]([O-])c1cccc(-c2cccc(-c3ccccn3)n2)n1.[Eu+3]. The number of nitrogens with zero attached hydrogens (tertiary/aromatic N) is 7. The largest absolute Gasteiger partial charge is 3.00 e. The van der Waals surface area contributed by atoms with E-state index in [1.54, 1.807) is 24.4 Å². The van der Waals surface area contributed by atoms with Crippen LogP contribution >= 0.6 is 0 Å². The van der Waals surface area contributed by atoms with Gasteiger partial charge in [0.25, 0.3) is 0 Å². The van der Waals surface area contributed by atoms with Crippen molar-refractivity contribution in [2.45, 2.75) is 0 Å². The summed E-state index contributed by atoms with van der Waals surface area (Å²) in [6, 6.07) is 15.6. The van der Waals surface area contributed by atoms with Crippen LogP contribution in [0.4, 0.5) is 5.82 Å². The summed E-state index contributed by atoms with van der Waals surface area (Å²) in [4.78, 5) is 47.7. The molecule has 34 heavy (non-hydrogen) atoms. The Hall–Kier alpha value is -3.97. The molecule has 0 unspecified atom stereocenters. The van der Waals surface area contributed by atoms with Gasteiger partial charge in [-0.25, -0.2) is 4.98 Å². The minimum Gasteiger partial charge on any atom is -0.358 e. The molecular weight excluding hydrogens is 606 g/mol. The van der Waals surface area contributed by atoms with E-state index >= 15 is 0 Å². The number of hydrogen-bond acceptors (Lipinski definition) is 14. The van der Waals surface area contributed by atoms with Crippen LogP contribution in [0.1, 0.15) is 0 Å². The van der Waals surface area contributed by atoms with Gasteiger partial charge in [0, 0.05) is 12.3 Å². The molecule has 0 saturated heterocycles. The Kier molecular flexibility index (Phi) is 16.7. The van der Waals surface area contributed by atoms with Gasteiger partial charge in [0.15, 0.2) is 0 Å². The smallest absolute Gasteiger partial charge is 0.358 e. The van der Waals surface area contributed by atoms with E-state index in [-0.39, 0.29) is 55.2 Å². The minimum absolute atomic E-state index is 0. The maximum atomic E-state index is 10.8. The van der Waals surface area contributed by atoms with Crippen LogP contribution in [0, 0.1) is 105 Å². The summed E-state index contributed by atoms with van der Waals surface area (Å²) in [6.45, 7) is 0. The molecule has 3 aromatic rings. The van der Waals surface area contributed by atoms with Crippen LogP contribution in [-0.2, 0) is 0 Å². The number of aromatic nitrogens is 3. The first-order valence-electron chi connectivity index (χ1n) is 7.88. The quantitative estimate of drug-likeness (QED) is 0.302. The Labute approximate surface area is 228 Å². The molecule has 178 valence electrons. The molecule has 0 amide bonds. The fourth-order valence-corrected chi connectivity index (χ4v) is 1.90. The zero-order valence-electron chi connectivity index (χ0n) is 16.3. The minimum atomic E-state index is -1.75. The summed E-state index contributed by atoms with van der Waals surface area (Å²) in [5.74, 6) is -0.197. The van der Waals surface area contributed by atoms with Gasteiger partial charge in [-0.15, -0.1) is 0 Å². The van der Waals surface area contributed by atoms with Crippen molar-refractivity contribution in [3.63, 3.8) is 0 Å². The average Bonchev–Trinajstić information content (AvgIpc) is 2.73. The van der Waals surface area contributed by atoms with Gasteiger partial charge in [0.05, 0.1) is 26.6 Å².